The summed E-state index contributed by atoms with van der Waals surface area (Å²) in [6.45, 7) is 6.34. The molecule has 0 atom stereocenters. The maximum atomic E-state index is 12.6. The molecule has 0 aliphatic rings. The van der Waals surface area contributed by atoms with Crippen LogP contribution < -0.4 is 14.8 Å². The fourth-order valence-electron chi connectivity index (χ4n) is 3.83. The Morgan fingerprint density at radius 3 is 2.71 bits per heavy atom. The Kier molecular flexibility index (Phi) is 8.14. The maximum absolute atomic E-state index is 12.6. The van der Waals surface area contributed by atoms with Gasteiger partial charge < -0.3 is 19.4 Å². The minimum absolute atomic E-state index is 0.0126. The molecule has 0 radical (unpaired) electrons. The van der Waals surface area contributed by atoms with Crippen LogP contribution in [0.1, 0.15) is 36.5 Å². The van der Waals surface area contributed by atoms with Crippen LogP contribution in [0.5, 0.6) is 11.5 Å². The van der Waals surface area contributed by atoms with E-state index in [1.54, 1.807) is 17.5 Å². The number of fused-ring (bicyclic) bond motifs is 1. The predicted octanol–water partition coefficient (Wildman–Crippen LogP) is 4.63. The molecule has 0 spiro atoms. The van der Waals surface area contributed by atoms with Gasteiger partial charge in [-0.15, -0.1) is 11.3 Å². The number of carbonyl (C=O) groups excluding carboxylic acids is 1. The SMILES string of the molecule is CCOc1ccc(CCNC(=O)CCc2nc3cccnc3n2Cc2cccs2)cc1OCC. The molecule has 178 valence electrons. The van der Waals surface area contributed by atoms with Gasteiger partial charge in [-0.3, -0.25) is 4.79 Å². The van der Waals surface area contributed by atoms with Gasteiger partial charge >= 0.3 is 0 Å². The fraction of sp³-hybridized carbons (Fsp3) is 0.346. The lowest BCUT2D eigenvalue weighted by atomic mass is 10.1. The van der Waals surface area contributed by atoms with E-state index in [2.05, 4.69) is 26.3 Å². The second-order valence-electron chi connectivity index (χ2n) is 7.79. The summed E-state index contributed by atoms with van der Waals surface area (Å²) in [5.41, 5.74) is 2.80. The first-order valence-corrected chi connectivity index (χ1v) is 12.5. The zero-order valence-corrected chi connectivity index (χ0v) is 20.4. The Hall–Kier alpha value is -3.39. The van der Waals surface area contributed by atoms with Crippen molar-refractivity contribution in [1.29, 1.82) is 0 Å². The Balaban J connectivity index is 1.33. The van der Waals surface area contributed by atoms with Crippen LogP contribution in [-0.4, -0.2) is 40.2 Å². The number of nitrogens with one attached hydrogen (secondary N) is 1. The lowest BCUT2D eigenvalue weighted by Gasteiger charge is -2.12. The molecule has 1 N–H and O–H groups in total. The number of carbonyl (C=O) groups is 1. The van der Waals surface area contributed by atoms with Crippen molar-refractivity contribution < 1.29 is 14.3 Å². The van der Waals surface area contributed by atoms with Crippen molar-refractivity contribution in [2.75, 3.05) is 19.8 Å². The first kappa shape index (κ1) is 23.8. The van der Waals surface area contributed by atoms with Crippen molar-refractivity contribution in [3.63, 3.8) is 0 Å². The van der Waals surface area contributed by atoms with E-state index in [0.29, 0.717) is 39.1 Å². The highest BCUT2D eigenvalue weighted by atomic mass is 32.1. The smallest absolute Gasteiger partial charge is 0.220 e. The molecular formula is C26H30N4O3S. The topological polar surface area (TPSA) is 78.3 Å². The number of aryl methyl sites for hydroxylation is 1. The zero-order valence-electron chi connectivity index (χ0n) is 19.6. The molecule has 4 aromatic rings. The second kappa shape index (κ2) is 11.7. The molecule has 1 aromatic carbocycles. The minimum Gasteiger partial charge on any atom is -0.490 e. The van der Waals surface area contributed by atoms with Gasteiger partial charge in [0.25, 0.3) is 0 Å². The fourth-order valence-corrected chi connectivity index (χ4v) is 4.52. The first-order chi connectivity index (χ1) is 16.7. The average molecular weight is 479 g/mol. The van der Waals surface area contributed by atoms with Crippen molar-refractivity contribution >= 4 is 28.4 Å². The molecule has 4 rings (SSSR count). The van der Waals surface area contributed by atoms with E-state index in [4.69, 9.17) is 14.5 Å². The summed E-state index contributed by atoms with van der Waals surface area (Å²) < 4.78 is 13.4. The van der Waals surface area contributed by atoms with Crippen LogP contribution in [0.25, 0.3) is 11.2 Å². The summed E-state index contributed by atoms with van der Waals surface area (Å²) in [4.78, 5) is 23.0. The van der Waals surface area contributed by atoms with Gasteiger partial charge in [0.05, 0.1) is 19.8 Å². The molecule has 0 saturated heterocycles. The van der Waals surface area contributed by atoms with Gasteiger partial charge in [-0.1, -0.05) is 12.1 Å². The number of hydrogen-bond donors (Lipinski definition) is 1. The van der Waals surface area contributed by atoms with E-state index in [1.165, 1.54) is 4.88 Å². The summed E-state index contributed by atoms with van der Waals surface area (Å²) in [7, 11) is 0. The molecule has 34 heavy (non-hydrogen) atoms. The van der Waals surface area contributed by atoms with E-state index in [0.717, 1.165) is 40.5 Å². The summed E-state index contributed by atoms with van der Waals surface area (Å²) in [6, 6.07) is 13.9. The Bertz CT molecular complexity index is 1220. The van der Waals surface area contributed by atoms with Gasteiger partial charge in [0.2, 0.25) is 5.91 Å². The number of pyridine rings is 1. The lowest BCUT2D eigenvalue weighted by Crippen LogP contribution is -2.26. The maximum Gasteiger partial charge on any atom is 0.220 e. The molecule has 0 unspecified atom stereocenters. The number of rotatable bonds is 12. The van der Waals surface area contributed by atoms with Crippen molar-refractivity contribution in [2.45, 2.75) is 39.7 Å². The molecule has 0 fully saturated rings. The normalized spacial score (nSPS) is 11.0. The number of benzene rings is 1. The number of amides is 1. The molecule has 0 aliphatic heterocycles. The molecule has 0 bridgehead atoms. The van der Waals surface area contributed by atoms with Gasteiger partial charge in [-0.05, 0) is 61.5 Å². The van der Waals surface area contributed by atoms with Crippen LogP contribution in [-0.2, 0) is 24.2 Å². The van der Waals surface area contributed by atoms with Crippen molar-refractivity contribution in [2.24, 2.45) is 0 Å². The van der Waals surface area contributed by atoms with Gasteiger partial charge in [0.15, 0.2) is 17.1 Å². The zero-order chi connectivity index (χ0) is 23.8. The van der Waals surface area contributed by atoms with Crippen molar-refractivity contribution in [3.05, 3.63) is 70.3 Å². The van der Waals surface area contributed by atoms with E-state index in [1.807, 2.05) is 50.2 Å². The van der Waals surface area contributed by atoms with E-state index >= 15 is 0 Å². The Labute approximate surface area is 203 Å². The Morgan fingerprint density at radius 2 is 1.91 bits per heavy atom. The summed E-state index contributed by atoms with van der Waals surface area (Å²) in [6.07, 6.45) is 3.44. The quantitative estimate of drug-likeness (QED) is 0.321. The van der Waals surface area contributed by atoms with Crippen molar-refractivity contribution in [3.8, 4) is 11.5 Å². The number of imidazole rings is 1. The van der Waals surface area contributed by atoms with Crippen molar-refractivity contribution in [1.82, 2.24) is 19.9 Å². The second-order valence-corrected chi connectivity index (χ2v) is 8.82. The molecule has 1 amide bonds. The highest BCUT2D eigenvalue weighted by Gasteiger charge is 2.14. The van der Waals surface area contributed by atoms with Crippen LogP contribution in [0.15, 0.2) is 54.0 Å². The first-order valence-electron chi connectivity index (χ1n) is 11.7. The predicted molar refractivity (Wildman–Crippen MR) is 135 cm³/mol. The third kappa shape index (κ3) is 5.94. The van der Waals surface area contributed by atoms with Gasteiger partial charge in [-0.25, -0.2) is 9.97 Å². The van der Waals surface area contributed by atoms with E-state index < -0.39 is 0 Å². The Morgan fingerprint density at radius 1 is 1.06 bits per heavy atom. The number of thiophene rings is 1. The highest BCUT2D eigenvalue weighted by Crippen LogP contribution is 2.28. The third-order valence-electron chi connectivity index (χ3n) is 5.40. The van der Waals surface area contributed by atoms with E-state index in [-0.39, 0.29) is 5.91 Å². The molecule has 0 aliphatic carbocycles. The number of aromatic nitrogens is 3. The summed E-state index contributed by atoms with van der Waals surface area (Å²) >= 11 is 1.71. The number of nitrogens with zero attached hydrogens (tertiary/aromatic N) is 3. The molecule has 7 nitrogen and oxygen atoms in total. The molecular weight excluding hydrogens is 448 g/mol. The minimum atomic E-state index is 0.0126. The van der Waals surface area contributed by atoms with Gasteiger partial charge in [0, 0.05) is 30.5 Å². The molecule has 8 heteroatoms. The van der Waals surface area contributed by atoms with Crippen LogP contribution in [0.4, 0.5) is 0 Å². The van der Waals surface area contributed by atoms with Gasteiger partial charge in [-0.2, -0.15) is 0 Å². The van der Waals surface area contributed by atoms with Crippen LogP contribution >= 0.6 is 11.3 Å². The standard InChI is InChI=1S/C26H30N4O3S/c1-3-32-22-10-9-19(17-23(22)33-4-2)13-15-27-25(31)12-11-24-29-21-8-5-14-28-26(21)30(24)18-20-7-6-16-34-20/h5-10,14,16-17H,3-4,11-13,15,18H2,1-2H3,(H,27,31). The molecule has 3 heterocycles. The monoisotopic (exact) mass is 478 g/mol. The highest BCUT2D eigenvalue weighted by molar-refractivity contribution is 7.09. The average Bonchev–Trinajstić information content (AvgIpc) is 3.48. The number of ether oxygens (including phenoxy) is 2. The number of hydrogen-bond acceptors (Lipinski definition) is 6. The summed E-state index contributed by atoms with van der Waals surface area (Å²) in [5.74, 6) is 2.38. The lowest BCUT2D eigenvalue weighted by molar-refractivity contribution is -0.121. The largest absolute Gasteiger partial charge is 0.490 e. The third-order valence-corrected chi connectivity index (χ3v) is 6.26. The molecule has 0 saturated carbocycles. The van der Waals surface area contributed by atoms with Crippen LogP contribution in [0.3, 0.4) is 0 Å². The van der Waals surface area contributed by atoms with Crippen LogP contribution in [0.2, 0.25) is 0 Å². The van der Waals surface area contributed by atoms with Crippen LogP contribution in [0, 0.1) is 0 Å². The summed E-state index contributed by atoms with van der Waals surface area (Å²) in [5, 5.41) is 5.10. The van der Waals surface area contributed by atoms with E-state index in [9.17, 15) is 4.79 Å². The van der Waals surface area contributed by atoms with Gasteiger partial charge in [0.1, 0.15) is 11.3 Å². The molecule has 3 aromatic heterocycles.